The van der Waals surface area contributed by atoms with Gasteiger partial charge in [0, 0.05) is 12.7 Å². The molecule has 0 unspecified atom stereocenters. The molecule has 0 amide bonds. The van der Waals surface area contributed by atoms with E-state index in [1.54, 1.807) is 0 Å². The highest BCUT2D eigenvalue weighted by molar-refractivity contribution is 6.33. The Balaban J connectivity index is 1.72. The van der Waals surface area contributed by atoms with Crippen molar-refractivity contribution in [3.63, 3.8) is 0 Å². The third-order valence-electron chi connectivity index (χ3n) is 3.92. The molecule has 1 saturated heterocycles. The maximum Gasteiger partial charge on any atom is 0.119 e. The molecule has 1 fully saturated rings. The summed E-state index contributed by atoms with van der Waals surface area (Å²) in [5, 5.41) is 0.754. The standard InChI is InChI=1S/C17H19ClN2O/c1-13-17(18)16(9-10-19-13)20-11-5-6-14(20)12-21-15-7-3-2-4-8-15/h2-4,7-10,14H,5-6,11-12H2,1H3/t14-/m1/s1. The molecule has 1 aliphatic rings. The van der Waals surface area contributed by atoms with Gasteiger partial charge in [-0.05, 0) is 38.0 Å². The number of pyridine rings is 1. The Morgan fingerprint density at radius 2 is 2.10 bits per heavy atom. The lowest BCUT2D eigenvalue weighted by atomic mass is 10.2. The lowest BCUT2D eigenvalue weighted by molar-refractivity contribution is 0.288. The summed E-state index contributed by atoms with van der Waals surface area (Å²) < 4.78 is 5.91. The summed E-state index contributed by atoms with van der Waals surface area (Å²) in [4.78, 5) is 6.59. The number of nitrogens with zero attached hydrogens (tertiary/aromatic N) is 2. The fraction of sp³-hybridized carbons (Fsp3) is 0.353. The van der Waals surface area contributed by atoms with Crippen molar-refractivity contribution in [3.05, 3.63) is 53.3 Å². The lowest BCUT2D eigenvalue weighted by Gasteiger charge is -2.28. The van der Waals surface area contributed by atoms with Gasteiger partial charge < -0.3 is 9.64 Å². The van der Waals surface area contributed by atoms with Crippen molar-refractivity contribution < 1.29 is 4.74 Å². The molecule has 0 radical (unpaired) electrons. The third kappa shape index (κ3) is 3.13. The van der Waals surface area contributed by atoms with Crippen LogP contribution in [0.2, 0.25) is 5.02 Å². The molecule has 3 rings (SSSR count). The van der Waals surface area contributed by atoms with Crippen molar-refractivity contribution in [1.29, 1.82) is 0 Å². The van der Waals surface area contributed by atoms with E-state index < -0.39 is 0 Å². The molecule has 0 aliphatic carbocycles. The van der Waals surface area contributed by atoms with E-state index in [0.717, 1.165) is 35.1 Å². The first-order chi connectivity index (χ1) is 10.3. The Labute approximate surface area is 130 Å². The Morgan fingerprint density at radius 3 is 2.90 bits per heavy atom. The molecular weight excluding hydrogens is 284 g/mol. The van der Waals surface area contributed by atoms with Gasteiger partial charge in [0.05, 0.1) is 22.4 Å². The van der Waals surface area contributed by atoms with E-state index in [1.807, 2.05) is 49.5 Å². The number of aromatic nitrogens is 1. The molecule has 3 nitrogen and oxygen atoms in total. The predicted molar refractivity (Wildman–Crippen MR) is 86.3 cm³/mol. The van der Waals surface area contributed by atoms with E-state index in [-0.39, 0.29) is 0 Å². The van der Waals surface area contributed by atoms with Gasteiger partial charge in [-0.15, -0.1) is 0 Å². The second-order valence-corrected chi connectivity index (χ2v) is 5.72. The Bertz CT molecular complexity index is 603. The van der Waals surface area contributed by atoms with Crippen LogP contribution >= 0.6 is 11.6 Å². The highest BCUT2D eigenvalue weighted by Crippen LogP contribution is 2.33. The quantitative estimate of drug-likeness (QED) is 0.850. The number of hydrogen-bond donors (Lipinski definition) is 0. The van der Waals surface area contributed by atoms with Gasteiger partial charge in [-0.25, -0.2) is 0 Å². The van der Waals surface area contributed by atoms with Crippen LogP contribution in [-0.2, 0) is 0 Å². The van der Waals surface area contributed by atoms with Crippen LogP contribution in [0.4, 0.5) is 5.69 Å². The summed E-state index contributed by atoms with van der Waals surface area (Å²) >= 11 is 6.41. The first-order valence-corrected chi connectivity index (χ1v) is 7.69. The minimum absolute atomic E-state index is 0.365. The Hall–Kier alpha value is -1.74. The van der Waals surface area contributed by atoms with Crippen LogP contribution in [0.1, 0.15) is 18.5 Å². The van der Waals surface area contributed by atoms with Gasteiger partial charge in [0.1, 0.15) is 12.4 Å². The molecule has 0 N–H and O–H groups in total. The van der Waals surface area contributed by atoms with Crippen molar-refractivity contribution >= 4 is 17.3 Å². The maximum absolute atomic E-state index is 6.41. The number of para-hydroxylation sites is 1. The zero-order valence-corrected chi connectivity index (χ0v) is 12.9. The second kappa shape index (κ2) is 6.35. The van der Waals surface area contributed by atoms with Crippen LogP contribution < -0.4 is 9.64 Å². The summed E-state index contributed by atoms with van der Waals surface area (Å²) in [6.45, 7) is 3.64. The van der Waals surface area contributed by atoms with Crippen molar-refractivity contribution in [2.24, 2.45) is 0 Å². The van der Waals surface area contributed by atoms with E-state index >= 15 is 0 Å². The van der Waals surface area contributed by atoms with Crippen LogP contribution in [0.15, 0.2) is 42.6 Å². The van der Waals surface area contributed by atoms with Gasteiger partial charge in [-0.3, -0.25) is 4.98 Å². The molecule has 1 aromatic carbocycles. The number of rotatable bonds is 4. The summed E-state index contributed by atoms with van der Waals surface area (Å²) in [6, 6.07) is 12.3. The molecule has 4 heteroatoms. The normalized spacial score (nSPS) is 18.0. The average molecular weight is 303 g/mol. The number of benzene rings is 1. The van der Waals surface area contributed by atoms with E-state index in [1.165, 1.54) is 6.42 Å². The van der Waals surface area contributed by atoms with Gasteiger partial charge in [0.2, 0.25) is 0 Å². The molecule has 1 aromatic heterocycles. The molecule has 21 heavy (non-hydrogen) atoms. The minimum atomic E-state index is 0.365. The van der Waals surface area contributed by atoms with E-state index in [0.29, 0.717) is 12.6 Å². The molecule has 1 atom stereocenters. The van der Waals surface area contributed by atoms with Crippen molar-refractivity contribution in [1.82, 2.24) is 4.98 Å². The van der Waals surface area contributed by atoms with E-state index in [2.05, 4.69) is 9.88 Å². The fourth-order valence-electron chi connectivity index (χ4n) is 2.79. The summed E-state index contributed by atoms with van der Waals surface area (Å²) in [7, 11) is 0. The summed E-state index contributed by atoms with van der Waals surface area (Å²) in [5.74, 6) is 0.918. The summed E-state index contributed by atoms with van der Waals surface area (Å²) in [5.41, 5.74) is 1.95. The van der Waals surface area contributed by atoms with Crippen molar-refractivity contribution in [2.45, 2.75) is 25.8 Å². The SMILES string of the molecule is Cc1nccc(N2CCC[C@@H]2COc2ccccc2)c1Cl. The number of hydrogen-bond acceptors (Lipinski definition) is 3. The molecule has 2 heterocycles. The van der Waals surface area contributed by atoms with Gasteiger partial charge in [0.25, 0.3) is 0 Å². The fourth-order valence-corrected chi connectivity index (χ4v) is 3.01. The third-order valence-corrected chi connectivity index (χ3v) is 4.38. The number of halogens is 1. The monoisotopic (exact) mass is 302 g/mol. The molecule has 0 saturated carbocycles. The Kier molecular flexibility index (Phi) is 4.30. The molecule has 0 bridgehead atoms. The molecule has 0 spiro atoms. The van der Waals surface area contributed by atoms with Gasteiger partial charge in [0.15, 0.2) is 0 Å². The number of ether oxygens (including phenoxy) is 1. The topological polar surface area (TPSA) is 25.4 Å². The lowest BCUT2D eigenvalue weighted by Crippen LogP contribution is -2.34. The highest BCUT2D eigenvalue weighted by atomic mass is 35.5. The van der Waals surface area contributed by atoms with Gasteiger partial charge >= 0.3 is 0 Å². The molecule has 2 aromatic rings. The first kappa shape index (κ1) is 14.2. The van der Waals surface area contributed by atoms with Crippen LogP contribution in [0.5, 0.6) is 5.75 Å². The molecule has 110 valence electrons. The van der Waals surface area contributed by atoms with Gasteiger partial charge in [-0.1, -0.05) is 29.8 Å². The zero-order chi connectivity index (χ0) is 14.7. The maximum atomic E-state index is 6.41. The van der Waals surface area contributed by atoms with Crippen LogP contribution in [0.3, 0.4) is 0 Å². The zero-order valence-electron chi connectivity index (χ0n) is 12.1. The largest absolute Gasteiger partial charge is 0.491 e. The van der Waals surface area contributed by atoms with E-state index in [9.17, 15) is 0 Å². The minimum Gasteiger partial charge on any atom is -0.491 e. The smallest absolute Gasteiger partial charge is 0.119 e. The number of aryl methyl sites for hydroxylation is 1. The summed E-state index contributed by atoms with van der Waals surface area (Å²) in [6.07, 6.45) is 4.12. The van der Waals surface area contributed by atoms with Crippen LogP contribution in [-0.4, -0.2) is 24.2 Å². The highest BCUT2D eigenvalue weighted by Gasteiger charge is 2.27. The van der Waals surface area contributed by atoms with Gasteiger partial charge in [-0.2, -0.15) is 0 Å². The second-order valence-electron chi connectivity index (χ2n) is 5.34. The number of anilines is 1. The Morgan fingerprint density at radius 1 is 1.29 bits per heavy atom. The van der Waals surface area contributed by atoms with E-state index in [4.69, 9.17) is 16.3 Å². The van der Waals surface area contributed by atoms with Crippen molar-refractivity contribution in [3.8, 4) is 5.75 Å². The molecular formula is C17H19ClN2O. The molecule has 1 aliphatic heterocycles. The van der Waals surface area contributed by atoms with Crippen molar-refractivity contribution in [2.75, 3.05) is 18.1 Å². The van der Waals surface area contributed by atoms with Crippen LogP contribution in [0, 0.1) is 6.92 Å². The predicted octanol–water partition coefficient (Wildman–Crippen LogP) is 4.09. The first-order valence-electron chi connectivity index (χ1n) is 7.31. The average Bonchev–Trinajstić information content (AvgIpc) is 2.97. The van der Waals surface area contributed by atoms with Crippen LogP contribution in [0.25, 0.3) is 0 Å².